The first kappa shape index (κ1) is 14.5. The van der Waals surface area contributed by atoms with Crippen molar-refractivity contribution >= 4 is 5.91 Å². The molecule has 0 spiro atoms. The number of carbonyl (C=O) groups excluding carboxylic acids is 1. The third-order valence-electron chi connectivity index (χ3n) is 4.09. The van der Waals surface area contributed by atoms with Crippen molar-refractivity contribution in [2.75, 3.05) is 20.8 Å². The molecule has 1 aliphatic heterocycles. The molecule has 1 aliphatic rings. The van der Waals surface area contributed by atoms with Crippen LogP contribution < -0.4 is 9.47 Å². The summed E-state index contributed by atoms with van der Waals surface area (Å²) in [7, 11) is 3.27. The number of ether oxygens (including phenoxy) is 2. The average molecular weight is 300 g/mol. The Kier molecular flexibility index (Phi) is 4.04. The number of hydrogen-bond donors (Lipinski definition) is 1. The van der Waals surface area contributed by atoms with Crippen molar-refractivity contribution in [1.82, 2.24) is 9.88 Å². The normalized spacial score (nSPS) is 13.6. The lowest BCUT2D eigenvalue weighted by atomic mass is 9.98. The van der Waals surface area contributed by atoms with Gasteiger partial charge in [-0.3, -0.25) is 4.79 Å². The van der Waals surface area contributed by atoms with Crippen LogP contribution in [0.3, 0.4) is 0 Å². The Hall–Kier alpha value is -2.43. The summed E-state index contributed by atoms with van der Waals surface area (Å²) >= 11 is 0. The minimum absolute atomic E-state index is 0.153. The maximum atomic E-state index is 12.4. The van der Waals surface area contributed by atoms with Gasteiger partial charge in [-0.05, 0) is 41.3 Å². The molecular formula is C17H20N2O3. The number of hydrogen-bond acceptors (Lipinski definition) is 3. The predicted octanol–water partition coefficient (Wildman–Crippen LogP) is 2.16. The molecule has 1 aromatic heterocycles. The van der Waals surface area contributed by atoms with E-state index < -0.39 is 0 Å². The molecule has 2 aromatic rings. The molecule has 0 unspecified atom stereocenters. The first-order chi connectivity index (χ1) is 10.7. The fourth-order valence-electron chi connectivity index (χ4n) is 2.85. The lowest BCUT2D eigenvalue weighted by Gasteiger charge is -2.29. The van der Waals surface area contributed by atoms with Crippen LogP contribution in [0, 0.1) is 0 Å². The molecule has 0 aliphatic carbocycles. The zero-order chi connectivity index (χ0) is 15.5. The van der Waals surface area contributed by atoms with Crippen molar-refractivity contribution in [3.05, 3.63) is 47.3 Å². The number of fused-ring (bicyclic) bond motifs is 1. The van der Waals surface area contributed by atoms with Gasteiger partial charge in [0, 0.05) is 25.5 Å². The van der Waals surface area contributed by atoms with Gasteiger partial charge >= 0.3 is 0 Å². The maximum absolute atomic E-state index is 12.4. The van der Waals surface area contributed by atoms with E-state index in [4.69, 9.17) is 9.47 Å². The molecule has 0 bridgehead atoms. The van der Waals surface area contributed by atoms with Crippen molar-refractivity contribution in [2.24, 2.45) is 0 Å². The summed E-state index contributed by atoms with van der Waals surface area (Å²) in [5.41, 5.74) is 3.37. The summed E-state index contributed by atoms with van der Waals surface area (Å²) in [5.74, 6) is 1.61. The number of carbonyl (C=O) groups is 1. The second kappa shape index (κ2) is 6.13. The zero-order valence-electron chi connectivity index (χ0n) is 12.9. The highest BCUT2D eigenvalue weighted by Crippen LogP contribution is 2.33. The summed E-state index contributed by atoms with van der Waals surface area (Å²) in [6.45, 7) is 1.37. The van der Waals surface area contributed by atoms with Gasteiger partial charge in [-0.15, -0.1) is 0 Å². The molecule has 5 nitrogen and oxygen atoms in total. The van der Waals surface area contributed by atoms with Crippen LogP contribution in [0.5, 0.6) is 11.5 Å². The number of nitrogens with zero attached hydrogens (tertiary/aromatic N) is 1. The molecule has 0 saturated carbocycles. The monoisotopic (exact) mass is 300 g/mol. The van der Waals surface area contributed by atoms with E-state index in [0.717, 1.165) is 29.8 Å². The van der Waals surface area contributed by atoms with Crippen molar-refractivity contribution in [2.45, 2.75) is 19.4 Å². The molecule has 22 heavy (non-hydrogen) atoms. The number of aromatic amines is 1. The van der Waals surface area contributed by atoms with Gasteiger partial charge < -0.3 is 19.4 Å². The Morgan fingerprint density at radius 2 is 1.95 bits per heavy atom. The Balaban J connectivity index is 1.76. The number of benzene rings is 1. The van der Waals surface area contributed by atoms with Crippen molar-refractivity contribution in [1.29, 1.82) is 0 Å². The van der Waals surface area contributed by atoms with Gasteiger partial charge in [0.2, 0.25) is 5.91 Å². The third kappa shape index (κ3) is 2.79. The smallest absolute Gasteiger partial charge is 0.227 e. The Morgan fingerprint density at radius 1 is 1.23 bits per heavy atom. The average Bonchev–Trinajstić information content (AvgIpc) is 3.05. The Labute approximate surface area is 129 Å². The molecule has 1 aromatic carbocycles. The van der Waals surface area contributed by atoms with E-state index in [-0.39, 0.29) is 5.91 Å². The van der Waals surface area contributed by atoms with E-state index in [1.165, 1.54) is 5.56 Å². The predicted molar refractivity (Wildman–Crippen MR) is 83.2 cm³/mol. The van der Waals surface area contributed by atoms with Crippen LogP contribution in [0.2, 0.25) is 0 Å². The second-order valence-electron chi connectivity index (χ2n) is 5.44. The van der Waals surface area contributed by atoms with E-state index in [2.05, 4.69) is 4.98 Å². The Bertz CT molecular complexity index is 665. The van der Waals surface area contributed by atoms with Crippen LogP contribution in [0.25, 0.3) is 0 Å². The molecule has 1 N–H and O–H groups in total. The summed E-state index contributed by atoms with van der Waals surface area (Å²) < 4.78 is 10.7. The summed E-state index contributed by atoms with van der Waals surface area (Å²) in [6, 6.07) is 5.93. The van der Waals surface area contributed by atoms with Crippen molar-refractivity contribution in [3.63, 3.8) is 0 Å². The van der Waals surface area contributed by atoms with E-state index in [1.54, 1.807) is 14.2 Å². The molecule has 0 radical (unpaired) electrons. The fourth-order valence-corrected chi connectivity index (χ4v) is 2.85. The molecular weight excluding hydrogens is 280 g/mol. The van der Waals surface area contributed by atoms with Crippen LogP contribution >= 0.6 is 0 Å². The van der Waals surface area contributed by atoms with Crippen molar-refractivity contribution < 1.29 is 14.3 Å². The topological polar surface area (TPSA) is 54.6 Å². The molecule has 3 rings (SSSR count). The van der Waals surface area contributed by atoms with E-state index in [0.29, 0.717) is 18.7 Å². The van der Waals surface area contributed by atoms with E-state index in [1.807, 2.05) is 35.5 Å². The first-order valence-corrected chi connectivity index (χ1v) is 7.34. The summed E-state index contributed by atoms with van der Waals surface area (Å²) in [5, 5.41) is 0. The largest absolute Gasteiger partial charge is 0.493 e. The lowest BCUT2D eigenvalue weighted by Crippen LogP contribution is -2.36. The fraction of sp³-hybridized carbons (Fsp3) is 0.353. The lowest BCUT2D eigenvalue weighted by molar-refractivity contribution is -0.131. The Morgan fingerprint density at radius 3 is 2.59 bits per heavy atom. The molecule has 5 heteroatoms. The summed E-state index contributed by atoms with van der Waals surface area (Å²) in [6.07, 6.45) is 4.98. The second-order valence-corrected chi connectivity index (χ2v) is 5.44. The first-order valence-electron chi connectivity index (χ1n) is 7.34. The molecule has 116 valence electrons. The maximum Gasteiger partial charge on any atom is 0.227 e. The van der Waals surface area contributed by atoms with Crippen LogP contribution in [0.4, 0.5) is 0 Å². The SMILES string of the molecule is COc1cc2c(cc1OC)CN(C(=O)Cc1cc[nH]c1)CC2. The number of nitrogens with one attached hydrogen (secondary N) is 1. The quantitative estimate of drug-likeness (QED) is 0.941. The number of aromatic nitrogens is 1. The highest BCUT2D eigenvalue weighted by Gasteiger charge is 2.22. The molecule has 0 fully saturated rings. The number of amides is 1. The minimum atomic E-state index is 0.153. The van der Waals surface area contributed by atoms with Gasteiger partial charge in [0.25, 0.3) is 0 Å². The summed E-state index contributed by atoms with van der Waals surface area (Å²) in [4.78, 5) is 17.3. The van der Waals surface area contributed by atoms with Crippen LogP contribution in [0.1, 0.15) is 16.7 Å². The number of methoxy groups -OCH3 is 2. The third-order valence-corrected chi connectivity index (χ3v) is 4.09. The number of rotatable bonds is 4. The van der Waals surface area contributed by atoms with Gasteiger partial charge in [0.05, 0.1) is 20.6 Å². The van der Waals surface area contributed by atoms with Gasteiger partial charge in [-0.25, -0.2) is 0 Å². The van der Waals surface area contributed by atoms with Gasteiger partial charge in [-0.1, -0.05) is 0 Å². The van der Waals surface area contributed by atoms with Crippen molar-refractivity contribution in [3.8, 4) is 11.5 Å². The van der Waals surface area contributed by atoms with E-state index >= 15 is 0 Å². The standard InChI is InChI=1S/C17H20N2O3/c1-21-15-8-13-4-6-19(11-14(13)9-16(15)22-2)17(20)7-12-3-5-18-10-12/h3,5,8-10,18H,4,6-7,11H2,1-2H3. The highest BCUT2D eigenvalue weighted by atomic mass is 16.5. The molecule has 1 amide bonds. The zero-order valence-corrected chi connectivity index (χ0v) is 12.9. The van der Waals surface area contributed by atoms with E-state index in [9.17, 15) is 4.79 Å². The molecule has 2 heterocycles. The number of H-pyrrole nitrogens is 1. The minimum Gasteiger partial charge on any atom is -0.493 e. The molecule has 0 saturated heterocycles. The van der Waals surface area contributed by atoms with Crippen LogP contribution in [-0.4, -0.2) is 36.6 Å². The van der Waals surface area contributed by atoms with Gasteiger partial charge in [0.1, 0.15) is 0 Å². The molecule has 0 atom stereocenters. The van der Waals surface area contributed by atoms with Gasteiger partial charge in [0.15, 0.2) is 11.5 Å². The van der Waals surface area contributed by atoms with Crippen LogP contribution in [-0.2, 0) is 24.2 Å². The van der Waals surface area contributed by atoms with Crippen LogP contribution in [0.15, 0.2) is 30.6 Å². The highest BCUT2D eigenvalue weighted by molar-refractivity contribution is 5.79. The van der Waals surface area contributed by atoms with Gasteiger partial charge in [-0.2, -0.15) is 0 Å².